The Hall–Kier alpha value is -1.14. The molecule has 0 rings (SSSR count). The van der Waals surface area contributed by atoms with E-state index in [4.69, 9.17) is 0 Å². The lowest BCUT2D eigenvalue weighted by Crippen LogP contribution is -2.41. The predicted octanol–water partition coefficient (Wildman–Crippen LogP) is 0.265. The van der Waals surface area contributed by atoms with Gasteiger partial charge in [-0.1, -0.05) is 6.58 Å². The van der Waals surface area contributed by atoms with Gasteiger partial charge in [0.25, 0.3) is 0 Å². The van der Waals surface area contributed by atoms with Gasteiger partial charge in [-0.15, -0.1) is 4.13 Å². The van der Waals surface area contributed by atoms with E-state index in [0.717, 1.165) is 0 Å². The Bertz CT molecular complexity index is 578. The van der Waals surface area contributed by atoms with E-state index >= 15 is 0 Å². The topological polar surface area (TPSA) is 107 Å². The number of esters is 1. The molecule has 0 saturated carbocycles. The highest BCUT2D eigenvalue weighted by Crippen LogP contribution is 2.22. The number of carbonyl (C=O) groups excluding carboxylic acids is 1. The van der Waals surface area contributed by atoms with Gasteiger partial charge in [0, 0.05) is 5.57 Å². The Morgan fingerprint density at radius 3 is 2.15 bits per heavy atom. The lowest BCUT2D eigenvalue weighted by atomic mass is 10.4. The molecule has 0 aromatic carbocycles. The van der Waals surface area contributed by atoms with Gasteiger partial charge in [0.2, 0.25) is 10.0 Å². The molecule has 0 atom stereocenters. The van der Waals surface area contributed by atoms with Crippen LogP contribution in [0.25, 0.3) is 0 Å². The van der Waals surface area contributed by atoms with Crippen molar-refractivity contribution in [1.29, 1.82) is 0 Å². The molecule has 118 valence electrons. The number of ether oxygens (including phenoxy) is 1. The number of alkyl halides is 3. The number of rotatable bonds is 7. The summed E-state index contributed by atoms with van der Waals surface area (Å²) in [6, 6.07) is 0. The van der Waals surface area contributed by atoms with Crippen molar-refractivity contribution in [2.24, 2.45) is 0 Å². The highest BCUT2D eigenvalue weighted by Gasteiger charge is 2.48. The van der Waals surface area contributed by atoms with Crippen LogP contribution in [0.1, 0.15) is 13.3 Å². The largest absolute Gasteiger partial charge is 0.512 e. The lowest BCUT2D eigenvalue weighted by molar-refractivity contribution is -0.138. The first-order valence-electron chi connectivity index (χ1n) is 4.94. The Morgan fingerprint density at radius 2 is 1.75 bits per heavy atom. The van der Waals surface area contributed by atoms with Crippen molar-refractivity contribution in [3.8, 4) is 0 Å². The summed E-state index contributed by atoms with van der Waals surface area (Å²) >= 11 is 0. The molecule has 0 unspecified atom stereocenters. The fourth-order valence-electron chi connectivity index (χ4n) is 0.793. The molecule has 0 amide bonds. The molecule has 1 N–H and O–H groups in total. The van der Waals surface area contributed by atoms with Crippen molar-refractivity contribution >= 4 is 26.0 Å². The maximum atomic E-state index is 12.0. The number of hydrogen-bond acceptors (Lipinski definition) is 6. The van der Waals surface area contributed by atoms with Gasteiger partial charge in [-0.2, -0.15) is 13.2 Å². The van der Waals surface area contributed by atoms with Gasteiger partial charge in [0.05, 0.1) is 12.4 Å². The Kier molecular flexibility index (Phi) is 6.17. The first-order chi connectivity index (χ1) is 8.78. The molecule has 0 bridgehead atoms. The number of halogens is 3. The van der Waals surface area contributed by atoms with Crippen LogP contribution >= 0.6 is 0 Å². The maximum absolute atomic E-state index is 12.0. The van der Waals surface area contributed by atoms with Crippen LogP contribution in [0, 0.1) is 0 Å². The van der Waals surface area contributed by atoms with Crippen LogP contribution in [0.15, 0.2) is 12.2 Å². The molecule has 0 radical (unpaired) electrons. The molecule has 0 spiro atoms. The third kappa shape index (κ3) is 6.34. The fraction of sp³-hybridized carbons (Fsp3) is 0.625. The predicted molar refractivity (Wildman–Crippen MR) is 62.3 cm³/mol. The van der Waals surface area contributed by atoms with Gasteiger partial charge >= 0.3 is 21.5 Å². The average Bonchev–Trinajstić information content (AvgIpc) is 2.20. The van der Waals surface area contributed by atoms with Crippen LogP contribution in [-0.4, -0.2) is 40.7 Å². The summed E-state index contributed by atoms with van der Waals surface area (Å²) < 4.78 is 84.3. The van der Waals surface area contributed by atoms with Gasteiger partial charge in [0.15, 0.2) is 0 Å². The SMILES string of the molecule is C=C(C)C(=O)OCCCS(=O)(=O)NS(=O)(=O)C(F)(F)F. The molecule has 20 heavy (non-hydrogen) atoms. The number of carbonyl (C=O) groups is 1. The second-order valence-corrected chi connectivity index (χ2v) is 7.40. The molecular formula is C8H12F3NO6S2. The zero-order valence-corrected chi connectivity index (χ0v) is 11.9. The summed E-state index contributed by atoms with van der Waals surface area (Å²) in [6.07, 6.45) is -0.373. The van der Waals surface area contributed by atoms with Crippen molar-refractivity contribution in [3.63, 3.8) is 0 Å². The van der Waals surface area contributed by atoms with Crippen molar-refractivity contribution in [3.05, 3.63) is 12.2 Å². The molecule has 0 saturated heterocycles. The van der Waals surface area contributed by atoms with Crippen LogP contribution < -0.4 is 4.13 Å². The van der Waals surface area contributed by atoms with Gasteiger partial charge in [-0.05, 0) is 13.3 Å². The molecule has 0 aromatic heterocycles. The molecular weight excluding hydrogens is 327 g/mol. The molecule has 0 heterocycles. The summed E-state index contributed by atoms with van der Waals surface area (Å²) in [7, 11) is -10.7. The van der Waals surface area contributed by atoms with Crippen molar-refractivity contribution in [1.82, 2.24) is 4.13 Å². The first kappa shape index (κ1) is 18.9. The Labute approximate surface area is 113 Å². The zero-order valence-electron chi connectivity index (χ0n) is 10.2. The van der Waals surface area contributed by atoms with Crippen LogP contribution in [0.2, 0.25) is 0 Å². The minimum Gasteiger partial charge on any atom is -0.462 e. The van der Waals surface area contributed by atoms with E-state index in [1.54, 1.807) is 0 Å². The van der Waals surface area contributed by atoms with E-state index in [9.17, 15) is 34.8 Å². The van der Waals surface area contributed by atoms with Crippen LogP contribution in [-0.2, 0) is 29.6 Å². The van der Waals surface area contributed by atoms with Crippen LogP contribution in [0.5, 0.6) is 0 Å². The summed E-state index contributed by atoms with van der Waals surface area (Å²) in [6.45, 7) is 4.19. The second-order valence-electron chi connectivity index (χ2n) is 3.62. The minimum absolute atomic E-state index is 0.0608. The zero-order chi connectivity index (χ0) is 16.2. The maximum Gasteiger partial charge on any atom is 0.512 e. The van der Waals surface area contributed by atoms with Crippen molar-refractivity contribution in [2.75, 3.05) is 12.4 Å². The highest BCUT2D eigenvalue weighted by atomic mass is 32.3. The van der Waals surface area contributed by atoms with Crippen molar-refractivity contribution in [2.45, 2.75) is 18.9 Å². The number of hydrogen-bond donors (Lipinski definition) is 1. The molecule has 0 aliphatic rings. The second kappa shape index (κ2) is 6.54. The van der Waals surface area contributed by atoms with E-state index in [2.05, 4.69) is 11.3 Å². The van der Waals surface area contributed by atoms with E-state index in [1.165, 1.54) is 6.92 Å². The summed E-state index contributed by atoms with van der Waals surface area (Å²) in [5.74, 6) is -1.75. The summed E-state index contributed by atoms with van der Waals surface area (Å²) in [5.41, 5.74) is -5.67. The molecule has 0 aromatic rings. The monoisotopic (exact) mass is 339 g/mol. The van der Waals surface area contributed by atoms with Crippen LogP contribution in [0.3, 0.4) is 0 Å². The molecule has 12 heteroatoms. The standard InChI is InChI=1S/C8H12F3NO6S2/c1-6(2)7(13)18-4-3-5-19(14,15)12-20(16,17)8(9,10)11/h12H,1,3-5H2,2H3. The molecule has 0 aliphatic carbocycles. The normalized spacial score (nSPS) is 13.0. The number of nitrogens with one attached hydrogen (secondary N) is 1. The highest BCUT2D eigenvalue weighted by molar-refractivity contribution is 8.05. The van der Waals surface area contributed by atoms with E-state index < -0.39 is 43.9 Å². The van der Waals surface area contributed by atoms with Crippen LogP contribution in [0.4, 0.5) is 13.2 Å². The van der Waals surface area contributed by atoms with Gasteiger partial charge in [-0.3, -0.25) is 0 Å². The molecule has 0 fully saturated rings. The smallest absolute Gasteiger partial charge is 0.462 e. The summed E-state index contributed by atoms with van der Waals surface area (Å²) in [4.78, 5) is 10.9. The van der Waals surface area contributed by atoms with E-state index in [1.807, 2.05) is 0 Å². The summed E-state index contributed by atoms with van der Waals surface area (Å²) in [5, 5.41) is 0. The van der Waals surface area contributed by atoms with E-state index in [0.29, 0.717) is 4.13 Å². The molecule has 7 nitrogen and oxygen atoms in total. The number of sulfonamides is 2. The average molecular weight is 339 g/mol. The first-order valence-corrected chi connectivity index (χ1v) is 8.07. The Balaban J connectivity index is 4.44. The van der Waals surface area contributed by atoms with Gasteiger partial charge < -0.3 is 4.74 Å². The van der Waals surface area contributed by atoms with Gasteiger partial charge in [-0.25, -0.2) is 21.6 Å². The third-order valence-electron chi connectivity index (χ3n) is 1.68. The Morgan fingerprint density at radius 1 is 1.25 bits per heavy atom. The fourth-order valence-corrected chi connectivity index (χ4v) is 3.34. The van der Waals surface area contributed by atoms with E-state index in [-0.39, 0.29) is 12.0 Å². The molecule has 0 aliphatic heterocycles. The third-order valence-corrected chi connectivity index (χ3v) is 5.01. The van der Waals surface area contributed by atoms with Gasteiger partial charge in [0.1, 0.15) is 0 Å². The lowest BCUT2D eigenvalue weighted by Gasteiger charge is -2.10. The minimum atomic E-state index is -5.98. The van der Waals surface area contributed by atoms with Crippen molar-refractivity contribution < 1.29 is 39.5 Å². The quantitative estimate of drug-likeness (QED) is 0.405.